The van der Waals surface area contributed by atoms with Crippen molar-refractivity contribution in [1.29, 1.82) is 0 Å². The minimum atomic E-state index is 0.405. The van der Waals surface area contributed by atoms with E-state index < -0.39 is 0 Å². The number of hydrogen-bond donors (Lipinski definition) is 0. The maximum Gasteiger partial charge on any atom is 0.0756 e. The number of aromatic nitrogens is 1. The molecular weight excluding hydrogens is 256 g/mol. The lowest BCUT2D eigenvalue weighted by Crippen LogP contribution is -2.31. The van der Waals surface area contributed by atoms with E-state index in [0.29, 0.717) is 6.04 Å². The Balaban J connectivity index is 1.94. The molecule has 1 aliphatic heterocycles. The molecule has 0 amide bonds. The van der Waals surface area contributed by atoms with E-state index in [-0.39, 0.29) is 0 Å². The largest absolute Gasteiger partial charge is 0.350 e. The number of rotatable bonds is 4. The fraction of sp³-hybridized carbons (Fsp3) is 0.474. The molecule has 0 unspecified atom stereocenters. The first kappa shape index (κ1) is 14.4. The summed E-state index contributed by atoms with van der Waals surface area (Å²) in [4.78, 5) is 2.67. The fourth-order valence-corrected chi connectivity index (χ4v) is 3.32. The second-order valence-corrected chi connectivity index (χ2v) is 6.51. The third-order valence-electron chi connectivity index (χ3n) is 4.46. The zero-order chi connectivity index (χ0) is 14.7. The number of benzene rings is 1. The van der Waals surface area contributed by atoms with E-state index >= 15 is 0 Å². The van der Waals surface area contributed by atoms with Gasteiger partial charge in [-0.05, 0) is 43.0 Å². The van der Waals surface area contributed by atoms with Crippen molar-refractivity contribution in [2.45, 2.75) is 39.3 Å². The Morgan fingerprint density at radius 2 is 1.86 bits per heavy atom. The van der Waals surface area contributed by atoms with Gasteiger partial charge in [0, 0.05) is 25.0 Å². The lowest BCUT2D eigenvalue weighted by molar-refractivity contribution is 0.216. The fourth-order valence-electron chi connectivity index (χ4n) is 3.32. The van der Waals surface area contributed by atoms with Crippen molar-refractivity contribution in [3.8, 4) is 0 Å². The van der Waals surface area contributed by atoms with Crippen LogP contribution in [0.4, 0.5) is 0 Å². The molecule has 1 aliphatic rings. The maximum absolute atomic E-state index is 2.67. The van der Waals surface area contributed by atoms with Crippen molar-refractivity contribution < 1.29 is 0 Å². The number of hydrogen-bond acceptors (Lipinski definition) is 1. The molecule has 2 aromatic rings. The average Bonchev–Trinajstić information content (AvgIpc) is 2.87. The number of aryl methyl sites for hydroxylation is 1. The van der Waals surface area contributed by atoms with Crippen LogP contribution in [0.2, 0.25) is 0 Å². The van der Waals surface area contributed by atoms with Crippen LogP contribution >= 0.6 is 0 Å². The first-order valence-corrected chi connectivity index (χ1v) is 8.20. The van der Waals surface area contributed by atoms with Crippen LogP contribution in [0, 0.1) is 5.92 Å². The predicted molar refractivity (Wildman–Crippen MR) is 88.4 cm³/mol. The van der Waals surface area contributed by atoms with Crippen LogP contribution < -0.4 is 0 Å². The van der Waals surface area contributed by atoms with Crippen LogP contribution in [0.5, 0.6) is 0 Å². The summed E-state index contributed by atoms with van der Waals surface area (Å²) in [6.45, 7) is 8.15. The molecule has 2 heteroatoms. The maximum atomic E-state index is 2.67. The number of nitrogens with zero attached hydrogens (tertiary/aromatic N) is 2. The summed E-state index contributed by atoms with van der Waals surface area (Å²) in [7, 11) is 0. The van der Waals surface area contributed by atoms with E-state index in [9.17, 15) is 0 Å². The van der Waals surface area contributed by atoms with Gasteiger partial charge in [0.05, 0.1) is 6.04 Å². The minimum absolute atomic E-state index is 0.405. The average molecular weight is 282 g/mol. The third-order valence-corrected chi connectivity index (χ3v) is 4.46. The Bertz CT molecular complexity index is 556. The summed E-state index contributed by atoms with van der Waals surface area (Å²) in [6, 6.07) is 15.9. The SMILES string of the molecule is CC(C)CCN1CCCn2cccc2[C@@H]1c1ccccc1. The van der Waals surface area contributed by atoms with Crippen LogP contribution in [0.25, 0.3) is 0 Å². The van der Waals surface area contributed by atoms with E-state index in [4.69, 9.17) is 0 Å². The Morgan fingerprint density at radius 3 is 2.62 bits per heavy atom. The molecule has 0 fully saturated rings. The molecule has 0 spiro atoms. The van der Waals surface area contributed by atoms with Gasteiger partial charge < -0.3 is 4.57 Å². The lowest BCUT2D eigenvalue weighted by Gasteiger charge is -2.31. The van der Waals surface area contributed by atoms with Gasteiger partial charge >= 0.3 is 0 Å². The summed E-state index contributed by atoms with van der Waals surface area (Å²) >= 11 is 0. The van der Waals surface area contributed by atoms with E-state index in [1.807, 2.05) is 0 Å². The van der Waals surface area contributed by atoms with E-state index in [1.165, 1.54) is 37.2 Å². The summed E-state index contributed by atoms with van der Waals surface area (Å²) in [5, 5.41) is 0. The van der Waals surface area contributed by atoms with Crippen LogP contribution in [0.1, 0.15) is 44.0 Å². The highest BCUT2D eigenvalue weighted by Crippen LogP contribution is 2.32. The Hall–Kier alpha value is -1.54. The van der Waals surface area contributed by atoms with Crippen LogP contribution in [-0.4, -0.2) is 22.6 Å². The molecule has 0 radical (unpaired) electrons. The van der Waals surface area contributed by atoms with E-state index in [0.717, 1.165) is 12.5 Å². The zero-order valence-electron chi connectivity index (χ0n) is 13.2. The van der Waals surface area contributed by atoms with Gasteiger partial charge in [-0.25, -0.2) is 0 Å². The van der Waals surface area contributed by atoms with Gasteiger partial charge in [-0.1, -0.05) is 44.2 Å². The molecule has 21 heavy (non-hydrogen) atoms. The molecule has 0 saturated carbocycles. The van der Waals surface area contributed by atoms with Crippen LogP contribution in [-0.2, 0) is 6.54 Å². The van der Waals surface area contributed by atoms with Gasteiger partial charge in [-0.3, -0.25) is 4.90 Å². The molecule has 0 saturated heterocycles. The summed E-state index contributed by atoms with van der Waals surface area (Å²) in [6.07, 6.45) is 4.74. The molecule has 0 aliphatic carbocycles. The second kappa shape index (κ2) is 6.48. The summed E-state index contributed by atoms with van der Waals surface area (Å²) in [5.74, 6) is 0.761. The monoisotopic (exact) mass is 282 g/mol. The van der Waals surface area contributed by atoms with Crippen molar-refractivity contribution in [1.82, 2.24) is 9.47 Å². The first-order valence-electron chi connectivity index (χ1n) is 8.20. The second-order valence-electron chi connectivity index (χ2n) is 6.51. The van der Waals surface area contributed by atoms with Crippen molar-refractivity contribution in [3.05, 3.63) is 59.9 Å². The third kappa shape index (κ3) is 3.21. The highest BCUT2D eigenvalue weighted by Gasteiger charge is 2.26. The molecular formula is C19H26N2. The lowest BCUT2D eigenvalue weighted by atomic mass is 10.0. The van der Waals surface area contributed by atoms with Crippen LogP contribution in [0.3, 0.4) is 0 Å². The van der Waals surface area contributed by atoms with Crippen molar-refractivity contribution in [3.63, 3.8) is 0 Å². The van der Waals surface area contributed by atoms with Gasteiger partial charge in [0.2, 0.25) is 0 Å². The topological polar surface area (TPSA) is 8.17 Å². The Morgan fingerprint density at radius 1 is 1.05 bits per heavy atom. The van der Waals surface area contributed by atoms with Crippen molar-refractivity contribution in [2.75, 3.05) is 13.1 Å². The Kier molecular flexibility index (Phi) is 4.45. The molecule has 2 heterocycles. The standard InChI is InChI=1S/C19H26N2/c1-16(2)11-15-21-14-7-13-20-12-6-10-18(20)19(21)17-8-4-3-5-9-17/h3-6,8-10,12,16,19H,7,11,13-15H2,1-2H3/t19-/m0/s1. The van der Waals surface area contributed by atoms with Crippen LogP contribution in [0.15, 0.2) is 48.7 Å². The minimum Gasteiger partial charge on any atom is -0.350 e. The predicted octanol–water partition coefficient (Wildman–Crippen LogP) is 4.33. The molecule has 2 nitrogen and oxygen atoms in total. The van der Waals surface area contributed by atoms with Crippen molar-refractivity contribution in [2.24, 2.45) is 5.92 Å². The highest BCUT2D eigenvalue weighted by molar-refractivity contribution is 5.29. The summed E-state index contributed by atoms with van der Waals surface area (Å²) < 4.78 is 2.44. The highest BCUT2D eigenvalue weighted by atomic mass is 15.2. The summed E-state index contributed by atoms with van der Waals surface area (Å²) in [5.41, 5.74) is 2.87. The van der Waals surface area contributed by atoms with Gasteiger partial charge in [0.1, 0.15) is 0 Å². The number of fused-ring (bicyclic) bond motifs is 1. The first-order chi connectivity index (χ1) is 10.3. The van der Waals surface area contributed by atoms with Crippen molar-refractivity contribution >= 4 is 0 Å². The van der Waals surface area contributed by atoms with Gasteiger partial charge in [0.25, 0.3) is 0 Å². The van der Waals surface area contributed by atoms with Gasteiger partial charge in [-0.15, -0.1) is 0 Å². The molecule has 1 aromatic heterocycles. The molecule has 3 rings (SSSR count). The van der Waals surface area contributed by atoms with E-state index in [1.54, 1.807) is 0 Å². The quantitative estimate of drug-likeness (QED) is 0.810. The molecule has 1 atom stereocenters. The molecule has 112 valence electrons. The molecule has 1 aromatic carbocycles. The Labute approximate surface area is 128 Å². The molecule has 0 N–H and O–H groups in total. The normalized spacial score (nSPS) is 19.5. The smallest absolute Gasteiger partial charge is 0.0756 e. The van der Waals surface area contributed by atoms with Gasteiger partial charge in [-0.2, -0.15) is 0 Å². The zero-order valence-corrected chi connectivity index (χ0v) is 13.2. The molecule has 0 bridgehead atoms. The van der Waals surface area contributed by atoms with Gasteiger partial charge in [0.15, 0.2) is 0 Å². The van der Waals surface area contributed by atoms with E-state index in [2.05, 4.69) is 72.0 Å².